The van der Waals surface area contributed by atoms with Gasteiger partial charge in [0, 0.05) is 23.2 Å². The molecule has 0 aromatic carbocycles. The Labute approximate surface area is 108 Å². The molecular formula is C13H20ClN3. The lowest BCUT2D eigenvalue weighted by molar-refractivity contribution is 0.645. The predicted octanol–water partition coefficient (Wildman–Crippen LogP) is 3.17. The quantitative estimate of drug-likeness (QED) is 0.819. The van der Waals surface area contributed by atoms with Gasteiger partial charge in [0.1, 0.15) is 12.1 Å². The molecule has 4 heteroatoms. The summed E-state index contributed by atoms with van der Waals surface area (Å²) in [5.74, 6) is 1.73. The molecule has 0 amide bonds. The Kier molecular flexibility index (Phi) is 4.60. The summed E-state index contributed by atoms with van der Waals surface area (Å²) in [6.07, 6.45) is 8.45. The van der Waals surface area contributed by atoms with E-state index in [1.165, 1.54) is 24.1 Å². The molecule has 1 heterocycles. The third-order valence-electron chi connectivity index (χ3n) is 3.42. The molecule has 3 nitrogen and oxygen atoms in total. The summed E-state index contributed by atoms with van der Waals surface area (Å²) in [5, 5.41) is 3.52. The topological polar surface area (TPSA) is 37.8 Å². The van der Waals surface area contributed by atoms with Gasteiger partial charge in [0.25, 0.3) is 0 Å². The van der Waals surface area contributed by atoms with E-state index < -0.39 is 0 Å². The largest absolute Gasteiger partial charge is 0.367 e. The maximum Gasteiger partial charge on any atom is 0.133 e. The van der Waals surface area contributed by atoms with Crippen LogP contribution in [0.2, 0.25) is 0 Å². The van der Waals surface area contributed by atoms with Crippen LogP contribution in [0, 0.1) is 0 Å². The maximum atomic E-state index is 5.81. The molecule has 1 N–H and O–H groups in total. The van der Waals surface area contributed by atoms with Crippen LogP contribution in [-0.4, -0.2) is 21.9 Å². The minimum atomic E-state index is 0.424. The van der Waals surface area contributed by atoms with Gasteiger partial charge in [0.15, 0.2) is 0 Å². The molecule has 0 saturated carbocycles. The molecule has 0 aliphatic heterocycles. The summed E-state index contributed by atoms with van der Waals surface area (Å²) in [5.41, 5.74) is 2.56. The Morgan fingerprint density at radius 2 is 2.18 bits per heavy atom. The average molecular weight is 254 g/mol. The summed E-state index contributed by atoms with van der Waals surface area (Å²) >= 11 is 5.81. The van der Waals surface area contributed by atoms with Gasteiger partial charge in [-0.3, -0.25) is 0 Å². The number of hydrogen-bond acceptors (Lipinski definition) is 3. The van der Waals surface area contributed by atoms with Crippen molar-refractivity contribution in [2.24, 2.45) is 0 Å². The summed E-state index contributed by atoms with van der Waals surface area (Å²) < 4.78 is 0. The monoisotopic (exact) mass is 253 g/mol. The van der Waals surface area contributed by atoms with Crippen LogP contribution in [0.3, 0.4) is 0 Å². The summed E-state index contributed by atoms with van der Waals surface area (Å²) in [4.78, 5) is 8.78. The molecule has 1 atom stereocenters. The van der Waals surface area contributed by atoms with E-state index in [-0.39, 0.29) is 0 Å². The Morgan fingerprint density at radius 3 is 2.94 bits per heavy atom. The number of anilines is 1. The van der Waals surface area contributed by atoms with Crippen LogP contribution in [0.15, 0.2) is 6.33 Å². The molecule has 0 saturated heterocycles. The molecule has 0 bridgehead atoms. The smallest absolute Gasteiger partial charge is 0.133 e. The number of aromatic nitrogens is 2. The number of nitrogens with one attached hydrogen (secondary N) is 1. The minimum Gasteiger partial charge on any atom is -0.367 e. The highest BCUT2D eigenvalue weighted by Crippen LogP contribution is 2.25. The van der Waals surface area contributed by atoms with Crippen LogP contribution < -0.4 is 5.32 Å². The zero-order valence-corrected chi connectivity index (χ0v) is 11.1. The van der Waals surface area contributed by atoms with Gasteiger partial charge in [0.2, 0.25) is 0 Å². The molecular weight excluding hydrogens is 234 g/mol. The fraction of sp³-hybridized carbons (Fsp3) is 0.692. The van der Waals surface area contributed by atoms with Crippen LogP contribution in [0.1, 0.15) is 43.9 Å². The highest BCUT2D eigenvalue weighted by molar-refractivity contribution is 6.17. The van der Waals surface area contributed by atoms with Gasteiger partial charge in [-0.15, -0.1) is 11.6 Å². The second-order valence-electron chi connectivity index (χ2n) is 4.58. The summed E-state index contributed by atoms with van der Waals surface area (Å²) in [6.45, 7) is 2.18. The van der Waals surface area contributed by atoms with E-state index in [0.717, 1.165) is 31.5 Å². The molecule has 0 radical (unpaired) electrons. The van der Waals surface area contributed by atoms with Gasteiger partial charge in [-0.2, -0.15) is 0 Å². The SMILES string of the molecule is CCC(CCCl)Nc1ncnc2c1CCCC2. The fourth-order valence-corrected chi connectivity index (χ4v) is 2.61. The van der Waals surface area contributed by atoms with Crippen molar-refractivity contribution in [3.05, 3.63) is 17.6 Å². The standard InChI is InChI=1S/C13H20ClN3/c1-2-10(7-8-14)17-13-11-5-3-4-6-12(11)15-9-16-13/h9-10H,2-8H2,1H3,(H,15,16,17). The Morgan fingerprint density at radius 1 is 1.35 bits per heavy atom. The molecule has 2 rings (SSSR count). The Bertz CT molecular complexity index is 368. The molecule has 1 aliphatic rings. The summed E-state index contributed by atoms with van der Waals surface area (Å²) in [6, 6.07) is 0.424. The third kappa shape index (κ3) is 3.09. The molecule has 94 valence electrons. The van der Waals surface area contributed by atoms with Crippen molar-refractivity contribution in [2.45, 2.75) is 51.5 Å². The van der Waals surface area contributed by atoms with Crippen LogP contribution in [0.5, 0.6) is 0 Å². The second-order valence-corrected chi connectivity index (χ2v) is 4.96. The van der Waals surface area contributed by atoms with Gasteiger partial charge in [0.05, 0.1) is 0 Å². The number of hydrogen-bond donors (Lipinski definition) is 1. The van der Waals surface area contributed by atoms with Gasteiger partial charge in [-0.05, 0) is 38.5 Å². The zero-order valence-electron chi connectivity index (χ0n) is 10.4. The van der Waals surface area contributed by atoms with E-state index in [1.54, 1.807) is 6.33 Å². The molecule has 1 aromatic heterocycles. The highest BCUT2D eigenvalue weighted by Gasteiger charge is 2.17. The number of alkyl halides is 1. The first-order chi connectivity index (χ1) is 8.35. The molecule has 0 fully saturated rings. The van der Waals surface area contributed by atoms with Crippen LogP contribution in [0.25, 0.3) is 0 Å². The van der Waals surface area contributed by atoms with Crippen molar-refractivity contribution in [2.75, 3.05) is 11.2 Å². The van der Waals surface area contributed by atoms with Gasteiger partial charge in [-0.25, -0.2) is 9.97 Å². The lowest BCUT2D eigenvalue weighted by Crippen LogP contribution is -2.22. The van der Waals surface area contributed by atoms with E-state index in [4.69, 9.17) is 11.6 Å². The van der Waals surface area contributed by atoms with Crippen LogP contribution >= 0.6 is 11.6 Å². The van der Waals surface area contributed by atoms with Crippen molar-refractivity contribution >= 4 is 17.4 Å². The van der Waals surface area contributed by atoms with Crippen molar-refractivity contribution in [1.82, 2.24) is 9.97 Å². The number of aryl methyl sites for hydroxylation is 1. The van der Waals surface area contributed by atoms with E-state index >= 15 is 0 Å². The zero-order chi connectivity index (χ0) is 12.1. The van der Waals surface area contributed by atoms with Crippen molar-refractivity contribution < 1.29 is 0 Å². The first-order valence-corrected chi connectivity index (χ1v) is 7.03. The van der Waals surface area contributed by atoms with Gasteiger partial charge < -0.3 is 5.32 Å². The van der Waals surface area contributed by atoms with E-state index in [1.807, 2.05) is 0 Å². The van der Waals surface area contributed by atoms with Crippen molar-refractivity contribution in [3.8, 4) is 0 Å². The second kappa shape index (κ2) is 6.20. The fourth-order valence-electron chi connectivity index (χ4n) is 2.35. The van der Waals surface area contributed by atoms with E-state index in [9.17, 15) is 0 Å². The number of rotatable bonds is 5. The highest BCUT2D eigenvalue weighted by atomic mass is 35.5. The lowest BCUT2D eigenvalue weighted by atomic mass is 9.96. The average Bonchev–Trinajstić information content (AvgIpc) is 2.38. The Balaban J connectivity index is 2.14. The van der Waals surface area contributed by atoms with Gasteiger partial charge >= 0.3 is 0 Å². The molecule has 1 aliphatic carbocycles. The first-order valence-electron chi connectivity index (χ1n) is 6.50. The molecule has 17 heavy (non-hydrogen) atoms. The van der Waals surface area contributed by atoms with E-state index in [2.05, 4.69) is 22.2 Å². The number of nitrogens with zero attached hydrogens (tertiary/aromatic N) is 2. The predicted molar refractivity (Wildman–Crippen MR) is 71.7 cm³/mol. The van der Waals surface area contributed by atoms with E-state index in [0.29, 0.717) is 11.9 Å². The normalized spacial score (nSPS) is 16.4. The molecule has 0 spiro atoms. The number of fused-ring (bicyclic) bond motifs is 1. The summed E-state index contributed by atoms with van der Waals surface area (Å²) in [7, 11) is 0. The van der Waals surface area contributed by atoms with Crippen molar-refractivity contribution in [1.29, 1.82) is 0 Å². The minimum absolute atomic E-state index is 0.424. The lowest BCUT2D eigenvalue weighted by Gasteiger charge is -2.22. The third-order valence-corrected chi connectivity index (χ3v) is 3.63. The van der Waals surface area contributed by atoms with Crippen LogP contribution in [-0.2, 0) is 12.8 Å². The molecule has 1 aromatic rings. The van der Waals surface area contributed by atoms with Crippen molar-refractivity contribution in [3.63, 3.8) is 0 Å². The maximum absolute atomic E-state index is 5.81. The number of halogens is 1. The Hall–Kier alpha value is -0.830. The van der Waals surface area contributed by atoms with Crippen LogP contribution in [0.4, 0.5) is 5.82 Å². The first kappa shape index (κ1) is 12.6. The molecule has 1 unspecified atom stereocenters. The van der Waals surface area contributed by atoms with Gasteiger partial charge in [-0.1, -0.05) is 6.92 Å².